The van der Waals surface area contributed by atoms with Crippen LogP contribution in [0.4, 0.5) is 11.5 Å². The van der Waals surface area contributed by atoms with Crippen LogP contribution in [0.2, 0.25) is 0 Å². The maximum absolute atomic E-state index is 13.4. The molecule has 2 atom stereocenters. The molecule has 2 aliphatic rings. The molecule has 2 aliphatic heterocycles. The number of benzene rings is 1. The molecule has 1 aromatic carbocycles. The number of hydrogen-bond acceptors (Lipinski definition) is 5. The van der Waals surface area contributed by atoms with E-state index < -0.39 is 6.10 Å². The molecule has 0 fully saturated rings. The minimum Gasteiger partial charge on any atom is -0.478 e. The first-order valence-electron chi connectivity index (χ1n) is 9.75. The highest BCUT2D eigenvalue weighted by Gasteiger charge is 2.40. The Kier molecular flexibility index (Phi) is 4.06. The fraction of sp³-hybridized carbons (Fsp3) is 0.217. The molecule has 2 aromatic heterocycles. The van der Waals surface area contributed by atoms with Crippen LogP contribution in [-0.4, -0.2) is 34.9 Å². The van der Waals surface area contributed by atoms with E-state index in [0.29, 0.717) is 22.8 Å². The molecule has 0 N–H and O–H groups in total. The second kappa shape index (κ2) is 6.66. The molecule has 0 bridgehead atoms. The van der Waals surface area contributed by atoms with Crippen molar-refractivity contribution >= 4 is 23.3 Å². The first-order chi connectivity index (χ1) is 14.5. The number of nitrogens with zero attached hydrogens (tertiary/aromatic N) is 4. The monoisotopic (exact) mass is 400 g/mol. The highest BCUT2D eigenvalue weighted by Crippen LogP contribution is 2.43. The highest BCUT2D eigenvalue weighted by molar-refractivity contribution is 6.11. The molecule has 0 saturated carbocycles. The lowest BCUT2D eigenvalue weighted by Gasteiger charge is -2.31. The Hall–Kier alpha value is -3.74. The van der Waals surface area contributed by atoms with Crippen LogP contribution in [0.5, 0.6) is 5.75 Å². The Bertz CT molecular complexity index is 1180. The van der Waals surface area contributed by atoms with E-state index in [-0.39, 0.29) is 17.9 Å². The largest absolute Gasteiger partial charge is 0.478 e. The molecule has 4 heterocycles. The molecule has 0 spiro atoms. The topological polar surface area (TPSA) is 75.6 Å². The van der Waals surface area contributed by atoms with Gasteiger partial charge in [0.15, 0.2) is 6.10 Å². The molecule has 0 aliphatic carbocycles. The molecule has 5 rings (SSSR count). The predicted molar refractivity (Wildman–Crippen MR) is 112 cm³/mol. The third-order valence-electron chi connectivity index (χ3n) is 5.63. The predicted octanol–water partition coefficient (Wildman–Crippen LogP) is 3.28. The zero-order valence-electron chi connectivity index (χ0n) is 16.9. The van der Waals surface area contributed by atoms with E-state index in [0.717, 1.165) is 16.8 Å². The van der Waals surface area contributed by atoms with Gasteiger partial charge in [0.1, 0.15) is 17.3 Å². The number of hydrogen-bond donors (Lipinski definition) is 0. The van der Waals surface area contributed by atoms with Crippen LogP contribution in [0.25, 0.3) is 0 Å². The summed E-state index contributed by atoms with van der Waals surface area (Å²) in [6, 6.07) is 12.9. The Morgan fingerprint density at radius 1 is 1.03 bits per heavy atom. The Balaban J connectivity index is 1.64. The molecule has 30 heavy (non-hydrogen) atoms. The van der Waals surface area contributed by atoms with Crippen LogP contribution in [-0.2, 0) is 4.79 Å². The summed E-state index contributed by atoms with van der Waals surface area (Å²) in [5.74, 6) is 0.733. The fourth-order valence-corrected chi connectivity index (χ4v) is 4.05. The van der Waals surface area contributed by atoms with Gasteiger partial charge in [-0.2, -0.15) is 0 Å². The fourth-order valence-electron chi connectivity index (χ4n) is 4.05. The van der Waals surface area contributed by atoms with Gasteiger partial charge in [-0.25, -0.2) is 4.98 Å². The minimum atomic E-state index is -0.596. The lowest BCUT2D eigenvalue weighted by molar-refractivity contribution is -0.125. The standard InChI is InChI=1S/C23H20N4O3/c1-13-8-9-15(11-24-13)21-16-6-4-5-7-17(16)23(29)27(21)20-10-19-18(12-25-20)26(3)22(28)14(2)30-19/h4-12,14,21H,1-3H3/t14-,21?/m1/s1. The van der Waals surface area contributed by atoms with Gasteiger partial charge < -0.3 is 9.64 Å². The lowest BCUT2D eigenvalue weighted by atomic mass is 9.99. The summed E-state index contributed by atoms with van der Waals surface area (Å²) in [6.07, 6.45) is 2.78. The number of pyridine rings is 2. The van der Waals surface area contributed by atoms with Gasteiger partial charge in [0.2, 0.25) is 0 Å². The van der Waals surface area contributed by atoms with Gasteiger partial charge in [-0.15, -0.1) is 0 Å². The van der Waals surface area contributed by atoms with Crippen molar-refractivity contribution in [2.24, 2.45) is 0 Å². The molecule has 7 nitrogen and oxygen atoms in total. The maximum atomic E-state index is 13.4. The summed E-state index contributed by atoms with van der Waals surface area (Å²) in [7, 11) is 1.69. The van der Waals surface area contributed by atoms with Gasteiger partial charge in [0, 0.05) is 30.6 Å². The van der Waals surface area contributed by atoms with Crippen molar-refractivity contribution in [2.75, 3.05) is 16.8 Å². The average Bonchev–Trinajstić information content (AvgIpc) is 3.05. The average molecular weight is 400 g/mol. The molecule has 7 heteroatoms. The van der Waals surface area contributed by atoms with Gasteiger partial charge >= 0.3 is 0 Å². The third kappa shape index (κ3) is 2.66. The van der Waals surface area contributed by atoms with E-state index in [1.54, 1.807) is 37.3 Å². The number of carbonyl (C=O) groups is 2. The van der Waals surface area contributed by atoms with Crippen molar-refractivity contribution in [3.05, 3.63) is 77.2 Å². The number of anilines is 2. The summed E-state index contributed by atoms with van der Waals surface area (Å²) < 4.78 is 5.80. The van der Waals surface area contributed by atoms with Gasteiger partial charge in [-0.3, -0.25) is 19.5 Å². The second-order valence-electron chi connectivity index (χ2n) is 7.57. The van der Waals surface area contributed by atoms with Crippen molar-refractivity contribution in [1.82, 2.24) is 9.97 Å². The Morgan fingerprint density at radius 3 is 2.60 bits per heavy atom. The van der Waals surface area contributed by atoms with E-state index in [4.69, 9.17) is 4.74 Å². The van der Waals surface area contributed by atoms with E-state index in [2.05, 4.69) is 9.97 Å². The maximum Gasteiger partial charge on any atom is 0.267 e. The van der Waals surface area contributed by atoms with Crippen LogP contribution in [0.15, 0.2) is 54.9 Å². The van der Waals surface area contributed by atoms with Crippen LogP contribution < -0.4 is 14.5 Å². The molecular formula is C23H20N4O3. The SMILES string of the molecule is Cc1ccc(C2c3ccccc3C(=O)N2c2cc3c(cn2)N(C)C(=O)[C@@H](C)O3)cn1. The zero-order chi connectivity index (χ0) is 21.0. The lowest BCUT2D eigenvalue weighted by Crippen LogP contribution is -2.42. The zero-order valence-corrected chi connectivity index (χ0v) is 16.9. The first-order valence-corrected chi connectivity index (χ1v) is 9.75. The third-order valence-corrected chi connectivity index (χ3v) is 5.63. The highest BCUT2D eigenvalue weighted by atomic mass is 16.5. The Morgan fingerprint density at radius 2 is 1.83 bits per heavy atom. The molecule has 150 valence electrons. The summed E-state index contributed by atoms with van der Waals surface area (Å²) in [5.41, 5.74) is 3.95. The van der Waals surface area contributed by atoms with Gasteiger partial charge in [-0.05, 0) is 37.1 Å². The van der Waals surface area contributed by atoms with Gasteiger partial charge in [-0.1, -0.05) is 24.3 Å². The smallest absolute Gasteiger partial charge is 0.267 e. The molecule has 0 radical (unpaired) electrons. The van der Waals surface area contributed by atoms with Gasteiger partial charge in [0.25, 0.3) is 11.8 Å². The molecule has 1 unspecified atom stereocenters. The number of likely N-dealkylation sites (N-methyl/N-ethyl adjacent to an activating group) is 1. The van der Waals surface area contributed by atoms with Crippen LogP contribution in [0.3, 0.4) is 0 Å². The van der Waals surface area contributed by atoms with E-state index in [9.17, 15) is 9.59 Å². The number of aromatic nitrogens is 2. The van der Waals surface area contributed by atoms with E-state index >= 15 is 0 Å². The minimum absolute atomic E-state index is 0.128. The van der Waals surface area contributed by atoms with Crippen LogP contribution in [0.1, 0.15) is 40.1 Å². The van der Waals surface area contributed by atoms with Crippen molar-refractivity contribution in [2.45, 2.75) is 26.0 Å². The number of ether oxygens (including phenoxy) is 1. The Labute approximate surface area is 173 Å². The number of aryl methyl sites for hydroxylation is 1. The van der Waals surface area contributed by atoms with E-state index in [1.807, 2.05) is 43.3 Å². The summed E-state index contributed by atoms with van der Waals surface area (Å²) in [4.78, 5) is 37.7. The molecule has 3 aromatic rings. The summed E-state index contributed by atoms with van der Waals surface area (Å²) in [5, 5.41) is 0. The normalized spacial score (nSPS) is 20.1. The second-order valence-corrected chi connectivity index (χ2v) is 7.57. The van der Waals surface area contributed by atoms with E-state index in [1.165, 1.54) is 4.90 Å². The summed E-state index contributed by atoms with van der Waals surface area (Å²) in [6.45, 7) is 3.64. The van der Waals surface area contributed by atoms with Crippen molar-refractivity contribution in [3.8, 4) is 5.75 Å². The van der Waals surface area contributed by atoms with Crippen LogP contribution in [0, 0.1) is 6.92 Å². The first kappa shape index (κ1) is 18.3. The van der Waals surface area contributed by atoms with Crippen LogP contribution >= 0.6 is 0 Å². The molecule has 2 amide bonds. The van der Waals surface area contributed by atoms with Crippen molar-refractivity contribution < 1.29 is 14.3 Å². The summed E-state index contributed by atoms with van der Waals surface area (Å²) >= 11 is 0. The molecule has 0 saturated heterocycles. The number of carbonyl (C=O) groups excluding carboxylic acids is 2. The molecular weight excluding hydrogens is 380 g/mol. The number of amides is 2. The van der Waals surface area contributed by atoms with Gasteiger partial charge in [0.05, 0.1) is 12.2 Å². The number of fused-ring (bicyclic) bond motifs is 2. The van der Waals surface area contributed by atoms with Crippen molar-refractivity contribution in [1.29, 1.82) is 0 Å². The number of rotatable bonds is 2. The quantitative estimate of drug-likeness (QED) is 0.660. The van der Waals surface area contributed by atoms with Crippen molar-refractivity contribution in [3.63, 3.8) is 0 Å².